The first-order valence-corrected chi connectivity index (χ1v) is 13.1. The Kier molecular flexibility index (Phi) is 6.95. The van der Waals surface area contributed by atoms with Crippen molar-refractivity contribution < 1.29 is 17.7 Å². The van der Waals surface area contributed by atoms with Gasteiger partial charge in [0.2, 0.25) is 27.6 Å². The molecule has 4 rings (SSSR count). The molecule has 2 aromatic rings. The molecule has 8 nitrogen and oxygen atoms in total. The van der Waals surface area contributed by atoms with Gasteiger partial charge in [-0.1, -0.05) is 43.5 Å². The highest BCUT2D eigenvalue weighted by Crippen LogP contribution is 2.29. The van der Waals surface area contributed by atoms with Crippen LogP contribution in [0.5, 0.6) is 0 Å². The number of piperidine rings is 1. The molecule has 0 spiro atoms. The lowest BCUT2D eigenvalue weighted by Crippen LogP contribution is -2.45. The van der Waals surface area contributed by atoms with Crippen LogP contribution in [0.1, 0.15) is 63.3 Å². The van der Waals surface area contributed by atoms with Gasteiger partial charge in [-0.2, -0.15) is 9.29 Å². The Morgan fingerprint density at radius 2 is 1.88 bits per heavy atom. The number of hydrogen-bond acceptors (Lipinski definition) is 6. The Labute approximate surface area is 189 Å². The van der Waals surface area contributed by atoms with E-state index < -0.39 is 10.0 Å². The van der Waals surface area contributed by atoms with E-state index in [1.54, 1.807) is 25.1 Å². The zero-order valence-electron chi connectivity index (χ0n) is 18.8. The quantitative estimate of drug-likeness (QED) is 0.708. The van der Waals surface area contributed by atoms with Crippen molar-refractivity contribution >= 4 is 15.9 Å². The van der Waals surface area contributed by atoms with E-state index in [1.807, 2.05) is 6.92 Å². The highest BCUT2D eigenvalue weighted by Gasteiger charge is 2.33. The van der Waals surface area contributed by atoms with Gasteiger partial charge in [0.1, 0.15) is 0 Å². The Bertz CT molecular complexity index is 1050. The van der Waals surface area contributed by atoms with Gasteiger partial charge < -0.3 is 9.84 Å². The molecule has 1 aliphatic heterocycles. The topological polar surface area (TPSA) is 105 Å². The van der Waals surface area contributed by atoms with Crippen molar-refractivity contribution in [3.63, 3.8) is 0 Å². The number of benzene rings is 1. The van der Waals surface area contributed by atoms with Gasteiger partial charge in [-0.05, 0) is 44.2 Å². The number of nitrogens with one attached hydrogen (secondary N) is 1. The third-order valence-electron chi connectivity index (χ3n) is 6.61. The Hall–Kier alpha value is -2.26. The van der Waals surface area contributed by atoms with Crippen LogP contribution >= 0.6 is 0 Å². The first-order chi connectivity index (χ1) is 15.4. The van der Waals surface area contributed by atoms with Gasteiger partial charge in [-0.25, -0.2) is 8.42 Å². The van der Waals surface area contributed by atoms with E-state index in [2.05, 4.69) is 15.5 Å². The lowest BCUT2D eigenvalue weighted by Gasteiger charge is -2.32. The van der Waals surface area contributed by atoms with Crippen molar-refractivity contribution in [1.29, 1.82) is 0 Å². The molecule has 1 saturated heterocycles. The predicted molar refractivity (Wildman–Crippen MR) is 120 cm³/mol. The average Bonchev–Trinajstić information content (AvgIpc) is 3.29. The normalized spacial score (nSPS) is 19.2. The molecule has 1 N–H and O–H groups in total. The molecule has 2 aliphatic rings. The van der Waals surface area contributed by atoms with Crippen molar-refractivity contribution in [2.75, 3.05) is 13.1 Å². The van der Waals surface area contributed by atoms with Crippen LogP contribution in [0.15, 0.2) is 27.6 Å². The second-order valence-electron chi connectivity index (χ2n) is 8.87. The number of carbonyl (C=O) groups excluding carboxylic acids is 1. The van der Waals surface area contributed by atoms with Crippen LogP contribution in [0.2, 0.25) is 0 Å². The van der Waals surface area contributed by atoms with Crippen molar-refractivity contribution in [2.24, 2.45) is 5.92 Å². The third-order valence-corrected chi connectivity index (χ3v) is 8.65. The zero-order chi connectivity index (χ0) is 22.7. The number of sulfonamides is 1. The molecule has 1 aromatic heterocycles. The maximum Gasteiger partial charge on any atom is 0.243 e. The van der Waals surface area contributed by atoms with Crippen LogP contribution in [0.3, 0.4) is 0 Å². The summed E-state index contributed by atoms with van der Waals surface area (Å²) in [5.41, 5.74) is 1.28. The summed E-state index contributed by atoms with van der Waals surface area (Å²) in [7, 11) is -3.68. The molecular formula is C23H32N4O4S. The molecule has 0 atom stereocenters. The molecule has 0 unspecified atom stereocenters. The third kappa shape index (κ3) is 4.88. The van der Waals surface area contributed by atoms with Crippen LogP contribution in [-0.2, 0) is 21.2 Å². The Balaban J connectivity index is 1.44. The Morgan fingerprint density at radius 1 is 1.16 bits per heavy atom. The number of rotatable bonds is 6. The lowest BCUT2D eigenvalue weighted by atomic mass is 9.93. The summed E-state index contributed by atoms with van der Waals surface area (Å²) in [4.78, 5) is 17.2. The largest absolute Gasteiger partial charge is 0.353 e. The average molecular weight is 461 g/mol. The highest BCUT2D eigenvalue weighted by atomic mass is 32.2. The number of aryl methyl sites for hydroxylation is 2. The van der Waals surface area contributed by atoms with Gasteiger partial charge in [0.05, 0.1) is 4.90 Å². The summed E-state index contributed by atoms with van der Waals surface area (Å²) in [6.07, 6.45) is 7.39. The van der Waals surface area contributed by atoms with Crippen LogP contribution in [0.4, 0.5) is 0 Å². The van der Waals surface area contributed by atoms with Crippen molar-refractivity contribution in [2.45, 2.75) is 76.2 Å². The molecule has 2 fully saturated rings. The molecule has 1 amide bonds. The highest BCUT2D eigenvalue weighted by molar-refractivity contribution is 7.89. The van der Waals surface area contributed by atoms with Crippen molar-refractivity contribution in [3.05, 3.63) is 29.7 Å². The fourth-order valence-corrected chi connectivity index (χ4v) is 6.32. The fourth-order valence-electron chi connectivity index (χ4n) is 4.60. The van der Waals surface area contributed by atoms with Gasteiger partial charge in [0.15, 0.2) is 0 Å². The summed E-state index contributed by atoms with van der Waals surface area (Å²) in [5, 5.41) is 7.15. The van der Waals surface area contributed by atoms with Gasteiger partial charge in [-0.15, -0.1) is 0 Å². The number of nitrogens with zero attached hydrogens (tertiary/aromatic N) is 3. The number of amides is 1. The molecule has 32 heavy (non-hydrogen) atoms. The summed E-state index contributed by atoms with van der Waals surface area (Å²) < 4.78 is 33.5. The maximum absolute atomic E-state index is 13.4. The lowest BCUT2D eigenvalue weighted by molar-refractivity contribution is -0.127. The monoisotopic (exact) mass is 460 g/mol. The van der Waals surface area contributed by atoms with Gasteiger partial charge in [0, 0.05) is 37.0 Å². The molecule has 1 aliphatic carbocycles. The smallest absolute Gasteiger partial charge is 0.243 e. The number of carbonyl (C=O) groups is 1. The molecule has 9 heteroatoms. The molecule has 1 aromatic carbocycles. The second-order valence-corrected chi connectivity index (χ2v) is 10.8. The minimum absolute atomic E-state index is 0.0796. The van der Waals surface area contributed by atoms with Gasteiger partial charge in [-0.3, -0.25) is 4.79 Å². The van der Waals surface area contributed by atoms with E-state index >= 15 is 0 Å². The first-order valence-electron chi connectivity index (χ1n) is 11.6. The van der Waals surface area contributed by atoms with E-state index in [0.717, 1.165) is 12.8 Å². The van der Waals surface area contributed by atoms with E-state index in [0.29, 0.717) is 55.2 Å². The predicted octanol–water partition coefficient (Wildman–Crippen LogP) is 3.46. The SMILES string of the molecule is CCc1nc(-c2ccc(C)c(S(=O)(=O)N3CCC(C(=O)NC4CCCCC4)CC3)c2)no1. The van der Waals surface area contributed by atoms with Crippen LogP contribution < -0.4 is 5.32 Å². The minimum Gasteiger partial charge on any atom is -0.353 e. The molecule has 1 saturated carbocycles. The van der Waals surface area contributed by atoms with Crippen LogP contribution in [0.25, 0.3) is 11.4 Å². The standard InChI is InChI=1S/C23H32N4O4S/c1-3-21-25-22(26-31-21)18-10-9-16(2)20(15-18)32(29,30)27-13-11-17(12-14-27)23(28)24-19-7-5-4-6-8-19/h9-10,15,17,19H,3-8,11-14H2,1-2H3,(H,24,28). The van der Waals surface area contributed by atoms with Crippen molar-refractivity contribution in [1.82, 2.24) is 19.8 Å². The molecule has 174 valence electrons. The van der Waals surface area contributed by atoms with E-state index in [9.17, 15) is 13.2 Å². The number of aromatic nitrogens is 2. The molecule has 2 heterocycles. The minimum atomic E-state index is -3.68. The fraction of sp³-hybridized carbons (Fsp3) is 0.609. The summed E-state index contributed by atoms with van der Waals surface area (Å²) in [6, 6.07) is 5.48. The summed E-state index contributed by atoms with van der Waals surface area (Å²) in [5.74, 6) is 0.855. The van der Waals surface area contributed by atoms with Gasteiger partial charge >= 0.3 is 0 Å². The van der Waals surface area contributed by atoms with E-state index in [-0.39, 0.29) is 22.8 Å². The molecule has 0 bridgehead atoms. The summed E-state index contributed by atoms with van der Waals surface area (Å²) in [6.45, 7) is 4.39. The van der Waals surface area contributed by atoms with Crippen LogP contribution in [0, 0.1) is 12.8 Å². The zero-order valence-corrected chi connectivity index (χ0v) is 19.7. The van der Waals surface area contributed by atoms with E-state index in [1.165, 1.54) is 23.6 Å². The molecule has 0 radical (unpaired) electrons. The van der Waals surface area contributed by atoms with E-state index in [4.69, 9.17) is 4.52 Å². The van der Waals surface area contributed by atoms with Gasteiger partial charge in [0.25, 0.3) is 0 Å². The Morgan fingerprint density at radius 3 is 2.53 bits per heavy atom. The summed E-state index contributed by atoms with van der Waals surface area (Å²) >= 11 is 0. The first kappa shape index (κ1) is 22.9. The maximum atomic E-state index is 13.4. The molecular weight excluding hydrogens is 428 g/mol. The number of hydrogen-bond donors (Lipinski definition) is 1. The van der Waals surface area contributed by atoms with Crippen molar-refractivity contribution in [3.8, 4) is 11.4 Å². The second kappa shape index (κ2) is 9.70. The van der Waals surface area contributed by atoms with Crippen LogP contribution in [-0.4, -0.2) is 47.9 Å².